The molecule has 1 aromatic carbocycles. The summed E-state index contributed by atoms with van der Waals surface area (Å²) in [5, 5.41) is 9.98. The van der Waals surface area contributed by atoms with Gasteiger partial charge in [-0.25, -0.2) is 0 Å². The molecule has 1 saturated heterocycles. The highest BCUT2D eigenvalue weighted by Crippen LogP contribution is 2.33. The Hall–Kier alpha value is -2.86. The molecule has 0 radical (unpaired) electrons. The molecule has 3 aromatic heterocycles. The van der Waals surface area contributed by atoms with Gasteiger partial charge in [0.1, 0.15) is 5.58 Å². The third kappa shape index (κ3) is 2.37. The highest BCUT2D eigenvalue weighted by Gasteiger charge is 2.35. The Bertz CT molecular complexity index is 1130. The van der Waals surface area contributed by atoms with Crippen LogP contribution in [0.3, 0.4) is 0 Å². The van der Waals surface area contributed by atoms with Crippen LogP contribution in [0.2, 0.25) is 5.02 Å². The summed E-state index contributed by atoms with van der Waals surface area (Å²) in [5.41, 5.74) is 1.43. The van der Waals surface area contributed by atoms with Gasteiger partial charge in [0.2, 0.25) is 0 Å². The number of carbonyl (C=O) groups excluding carboxylic acids is 1. The summed E-state index contributed by atoms with van der Waals surface area (Å²) in [6, 6.07) is 12.7. The first-order chi connectivity index (χ1) is 12.7. The predicted octanol–water partition coefficient (Wildman–Crippen LogP) is 4.11. The normalized spacial score (nSPS) is 17.4. The van der Waals surface area contributed by atoms with E-state index in [1.165, 1.54) is 0 Å². The molecule has 6 nitrogen and oxygen atoms in total. The maximum Gasteiger partial charge on any atom is 0.290 e. The zero-order valence-electron chi connectivity index (χ0n) is 13.8. The molecule has 0 saturated carbocycles. The van der Waals surface area contributed by atoms with Gasteiger partial charge >= 0.3 is 0 Å². The third-order valence-corrected chi connectivity index (χ3v) is 5.08. The monoisotopic (exact) mass is 366 g/mol. The third-order valence-electron chi connectivity index (χ3n) is 4.84. The maximum atomic E-state index is 13.1. The number of pyridine rings is 1. The molecular weight excluding hydrogens is 352 g/mol. The van der Waals surface area contributed by atoms with Crippen LogP contribution in [0.1, 0.15) is 35.3 Å². The largest absolute Gasteiger partial charge is 0.451 e. The van der Waals surface area contributed by atoms with Crippen LogP contribution in [0.5, 0.6) is 0 Å². The predicted molar refractivity (Wildman–Crippen MR) is 97.2 cm³/mol. The van der Waals surface area contributed by atoms with Gasteiger partial charge in [-0.15, -0.1) is 10.2 Å². The second-order valence-corrected chi connectivity index (χ2v) is 6.87. The van der Waals surface area contributed by atoms with E-state index < -0.39 is 0 Å². The topological polar surface area (TPSA) is 63.6 Å². The standard InChI is InChI=1S/C19H15ClN4O2/c20-13-6-7-15-12(10-13)11-16(26-15)19(25)23-9-3-4-14(23)18-22-21-17-5-1-2-8-24(17)18/h1-2,5-8,10-11,14H,3-4,9H2. The lowest BCUT2D eigenvalue weighted by Crippen LogP contribution is -2.31. The Morgan fingerprint density at radius 2 is 2.12 bits per heavy atom. The summed E-state index contributed by atoms with van der Waals surface area (Å²) >= 11 is 6.03. The van der Waals surface area contributed by atoms with Gasteiger partial charge in [-0.05, 0) is 49.2 Å². The van der Waals surface area contributed by atoms with E-state index in [-0.39, 0.29) is 11.9 Å². The molecule has 0 aliphatic carbocycles. The van der Waals surface area contributed by atoms with Crippen LogP contribution in [0.15, 0.2) is 53.1 Å². The van der Waals surface area contributed by atoms with Crippen molar-refractivity contribution in [3.8, 4) is 0 Å². The average molecular weight is 367 g/mol. The molecule has 0 spiro atoms. The second-order valence-electron chi connectivity index (χ2n) is 6.44. The van der Waals surface area contributed by atoms with Crippen LogP contribution in [0.25, 0.3) is 16.6 Å². The number of likely N-dealkylation sites (tertiary alicyclic amines) is 1. The molecule has 1 aliphatic heterocycles. The first-order valence-electron chi connectivity index (χ1n) is 8.50. The van der Waals surface area contributed by atoms with Gasteiger partial charge in [-0.3, -0.25) is 9.20 Å². The fourth-order valence-electron chi connectivity index (χ4n) is 3.63. The van der Waals surface area contributed by atoms with Crippen molar-refractivity contribution in [3.05, 3.63) is 65.3 Å². The minimum atomic E-state index is -0.132. The van der Waals surface area contributed by atoms with Gasteiger partial charge in [0.25, 0.3) is 5.91 Å². The summed E-state index contributed by atoms with van der Waals surface area (Å²) in [5.74, 6) is 0.973. The van der Waals surface area contributed by atoms with E-state index in [9.17, 15) is 4.79 Å². The van der Waals surface area contributed by atoms with Crippen molar-refractivity contribution < 1.29 is 9.21 Å². The van der Waals surface area contributed by atoms with E-state index in [1.54, 1.807) is 24.3 Å². The number of fused-ring (bicyclic) bond motifs is 2. The molecule has 1 aliphatic rings. The van der Waals surface area contributed by atoms with Crippen LogP contribution in [0, 0.1) is 0 Å². The van der Waals surface area contributed by atoms with Crippen molar-refractivity contribution in [1.82, 2.24) is 19.5 Å². The van der Waals surface area contributed by atoms with Crippen molar-refractivity contribution in [3.63, 3.8) is 0 Å². The minimum Gasteiger partial charge on any atom is -0.451 e. The molecule has 1 amide bonds. The number of amides is 1. The molecule has 1 unspecified atom stereocenters. The van der Waals surface area contributed by atoms with Crippen molar-refractivity contribution >= 4 is 34.1 Å². The molecule has 1 atom stereocenters. The fourth-order valence-corrected chi connectivity index (χ4v) is 3.81. The molecule has 130 valence electrons. The summed E-state index contributed by atoms with van der Waals surface area (Å²) in [4.78, 5) is 14.9. The van der Waals surface area contributed by atoms with Gasteiger partial charge in [0, 0.05) is 23.2 Å². The molecule has 0 bridgehead atoms. The van der Waals surface area contributed by atoms with Crippen molar-refractivity contribution in [2.75, 3.05) is 6.54 Å². The molecule has 7 heteroatoms. The van der Waals surface area contributed by atoms with E-state index >= 15 is 0 Å². The highest BCUT2D eigenvalue weighted by molar-refractivity contribution is 6.31. The van der Waals surface area contributed by atoms with E-state index in [0.717, 1.165) is 29.7 Å². The second kappa shape index (κ2) is 5.85. The van der Waals surface area contributed by atoms with Gasteiger partial charge < -0.3 is 9.32 Å². The zero-order chi connectivity index (χ0) is 17.7. The number of hydrogen-bond donors (Lipinski definition) is 0. The van der Waals surface area contributed by atoms with E-state index in [0.29, 0.717) is 22.9 Å². The van der Waals surface area contributed by atoms with Gasteiger partial charge in [0.15, 0.2) is 17.2 Å². The number of nitrogens with zero attached hydrogens (tertiary/aromatic N) is 4. The summed E-state index contributed by atoms with van der Waals surface area (Å²) in [6.07, 6.45) is 3.70. The molecule has 1 fully saturated rings. The molecule has 0 N–H and O–H groups in total. The number of rotatable bonds is 2. The van der Waals surface area contributed by atoms with Crippen LogP contribution in [-0.2, 0) is 0 Å². The summed E-state index contributed by atoms with van der Waals surface area (Å²) in [7, 11) is 0. The van der Waals surface area contributed by atoms with Gasteiger partial charge in [-0.1, -0.05) is 17.7 Å². The molecular formula is C19H15ClN4O2. The number of benzene rings is 1. The Labute approximate surface area is 154 Å². The molecule has 5 rings (SSSR count). The Balaban J connectivity index is 1.52. The minimum absolute atomic E-state index is 0.114. The Morgan fingerprint density at radius 3 is 3.04 bits per heavy atom. The molecule has 4 aromatic rings. The lowest BCUT2D eigenvalue weighted by atomic mass is 10.2. The summed E-state index contributed by atoms with van der Waals surface area (Å²) in [6.45, 7) is 0.670. The fraction of sp³-hybridized carbons (Fsp3) is 0.211. The summed E-state index contributed by atoms with van der Waals surface area (Å²) < 4.78 is 7.70. The number of furan rings is 1. The van der Waals surface area contributed by atoms with Crippen LogP contribution < -0.4 is 0 Å². The Morgan fingerprint density at radius 1 is 1.19 bits per heavy atom. The number of aromatic nitrogens is 3. The van der Waals surface area contributed by atoms with Gasteiger partial charge in [0.05, 0.1) is 6.04 Å². The van der Waals surface area contributed by atoms with E-state index in [1.807, 2.05) is 33.7 Å². The van der Waals surface area contributed by atoms with E-state index in [4.69, 9.17) is 16.0 Å². The van der Waals surface area contributed by atoms with Crippen LogP contribution in [-0.4, -0.2) is 31.9 Å². The average Bonchev–Trinajstić information content (AvgIpc) is 3.37. The molecule has 26 heavy (non-hydrogen) atoms. The highest BCUT2D eigenvalue weighted by atomic mass is 35.5. The smallest absolute Gasteiger partial charge is 0.290 e. The van der Waals surface area contributed by atoms with Crippen LogP contribution in [0.4, 0.5) is 0 Å². The Kier molecular flexibility index (Phi) is 3.46. The number of halogens is 1. The number of hydrogen-bond acceptors (Lipinski definition) is 4. The van der Waals surface area contributed by atoms with Gasteiger partial charge in [-0.2, -0.15) is 0 Å². The zero-order valence-corrected chi connectivity index (χ0v) is 14.6. The van der Waals surface area contributed by atoms with Crippen LogP contribution >= 0.6 is 11.6 Å². The van der Waals surface area contributed by atoms with E-state index in [2.05, 4.69) is 10.2 Å². The first kappa shape index (κ1) is 15.4. The lowest BCUT2D eigenvalue weighted by Gasteiger charge is -2.22. The van der Waals surface area contributed by atoms with Crippen molar-refractivity contribution in [2.24, 2.45) is 0 Å². The quantitative estimate of drug-likeness (QED) is 0.535. The number of carbonyl (C=O) groups is 1. The first-order valence-corrected chi connectivity index (χ1v) is 8.88. The van der Waals surface area contributed by atoms with Crippen molar-refractivity contribution in [2.45, 2.75) is 18.9 Å². The lowest BCUT2D eigenvalue weighted by molar-refractivity contribution is 0.0699. The molecule has 4 heterocycles. The SMILES string of the molecule is O=C(c1cc2cc(Cl)ccc2o1)N1CCCC1c1nnc2ccccn12. The maximum absolute atomic E-state index is 13.1. The van der Waals surface area contributed by atoms with Crippen molar-refractivity contribution in [1.29, 1.82) is 0 Å².